The number of para-hydroxylation sites is 2. The average Bonchev–Trinajstić information content (AvgIpc) is 2.79. The normalized spacial score (nSPS) is 16.7. The van der Waals surface area contributed by atoms with E-state index >= 15 is 0 Å². The Balaban J connectivity index is 1.63. The second-order valence-corrected chi connectivity index (χ2v) is 9.50. The molecule has 1 amide bonds. The van der Waals surface area contributed by atoms with Gasteiger partial charge in [0.2, 0.25) is 0 Å². The minimum Gasteiger partial charge on any atom is -0.476 e. The van der Waals surface area contributed by atoms with Crippen molar-refractivity contribution >= 4 is 33.2 Å². The van der Waals surface area contributed by atoms with E-state index in [0.717, 1.165) is 5.56 Å². The molecular formula is C23H21ClN2O4S. The number of halogens is 1. The lowest BCUT2D eigenvalue weighted by Crippen LogP contribution is -2.51. The lowest BCUT2D eigenvalue weighted by atomic mass is 10.1. The topological polar surface area (TPSA) is 75.7 Å². The summed E-state index contributed by atoms with van der Waals surface area (Å²) >= 11 is 5.91. The van der Waals surface area contributed by atoms with Gasteiger partial charge in [-0.1, -0.05) is 54.1 Å². The molecular weight excluding hydrogens is 436 g/mol. The van der Waals surface area contributed by atoms with E-state index in [9.17, 15) is 13.2 Å². The molecule has 1 unspecified atom stereocenters. The van der Waals surface area contributed by atoms with Crippen LogP contribution in [0, 0.1) is 0 Å². The van der Waals surface area contributed by atoms with Gasteiger partial charge in [-0.05, 0) is 48.9 Å². The number of sulfonamides is 1. The molecule has 0 bridgehead atoms. The second-order valence-electron chi connectivity index (χ2n) is 7.21. The Kier molecular flexibility index (Phi) is 5.89. The van der Waals surface area contributed by atoms with Gasteiger partial charge in [-0.3, -0.25) is 9.10 Å². The van der Waals surface area contributed by atoms with Crippen LogP contribution in [0.4, 0.5) is 5.69 Å². The highest BCUT2D eigenvalue weighted by Gasteiger charge is 2.37. The Labute approximate surface area is 186 Å². The highest BCUT2D eigenvalue weighted by Crippen LogP contribution is 2.37. The number of benzene rings is 3. The predicted octanol–water partition coefficient (Wildman–Crippen LogP) is 4.17. The van der Waals surface area contributed by atoms with E-state index < -0.39 is 16.1 Å². The standard InChI is InChI=1S/C23H21ClN2O4S/c1-16(17-7-3-2-4-8-17)25-23(27)22-15-26(20-9-5-6-10-21(20)30-22)31(28,29)19-13-11-18(24)12-14-19/h2-14,16,22H,15H2,1H3,(H,25,27)/t16-,22?/m1/s1. The van der Waals surface area contributed by atoms with Crippen molar-refractivity contribution < 1.29 is 17.9 Å². The largest absolute Gasteiger partial charge is 0.476 e. The number of nitrogens with one attached hydrogen (secondary N) is 1. The number of amides is 1. The number of hydrogen-bond acceptors (Lipinski definition) is 4. The summed E-state index contributed by atoms with van der Waals surface area (Å²) in [6.07, 6.45) is -0.997. The van der Waals surface area contributed by atoms with Crippen molar-refractivity contribution in [3.8, 4) is 5.75 Å². The molecule has 0 fully saturated rings. The van der Waals surface area contributed by atoms with E-state index in [0.29, 0.717) is 16.5 Å². The maximum atomic E-state index is 13.4. The molecule has 0 aliphatic carbocycles. The van der Waals surface area contributed by atoms with Crippen molar-refractivity contribution in [1.82, 2.24) is 5.32 Å². The van der Waals surface area contributed by atoms with Gasteiger partial charge in [0.1, 0.15) is 5.75 Å². The third-order valence-corrected chi connectivity index (χ3v) is 7.13. The summed E-state index contributed by atoms with van der Waals surface area (Å²) in [4.78, 5) is 13.1. The summed E-state index contributed by atoms with van der Waals surface area (Å²) < 4.78 is 33.8. The van der Waals surface area contributed by atoms with Crippen LogP contribution >= 0.6 is 11.6 Å². The van der Waals surface area contributed by atoms with Gasteiger partial charge < -0.3 is 10.1 Å². The number of carbonyl (C=O) groups excluding carboxylic acids is 1. The smallest absolute Gasteiger partial charge is 0.264 e. The minimum atomic E-state index is -3.92. The summed E-state index contributed by atoms with van der Waals surface area (Å²) in [5.41, 5.74) is 1.33. The van der Waals surface area contributed by atoms with E-state index in [4.69, 9.17) is 16.3 Å². The summed E-state index contributed by atoms with van der Waals surface area (Å²) in [5.74, 6) is -0.0547. The molecule has 0 aromatic heterocycles. The zero-order valence-corrected chi connectivity index (χ0v) is 18.3. The van der Waals surface area contributed by atoms with Crippen LogP contribution < -0.4 is 14.4 Å². The molecule has 3 aromatic carbocycles. The molecule has 2 atom stereocenters. The quantitative estimate of drug-likeness (QED) is 0.625. The Morgan fingerprint density at radius 2 is 1.68 bits per heavy atom. The van der Waals surface area contributed by atoms with Gasteiger partial charge >= 0.3 is 0 Å². The highest BCUT2D eigenvalue weighted by atomic mass is 35.5. The van der Waals surface area contributed by atoms with Gasteiger partial charge in [-0.25, -0.2) is 8.42 Å². The maximum absolute atomic E-state index is 13.4. The second kappa shape index (κ2) is 8.61. The Bertz CT molecular complexity index is 1180. The molecule has 6 nitrogen and oxygen atoms in total. The highest BCUT2D eigenvalue weighted by molar-refractivity contribution is 7.92. The number of fused-ring (bicyclic) bond motifs is 1. The molecule has 0 saturated heterocycles. The SMILES string of the molecule is C[C@@H](NC(=O)C1CN(S(=O)(=O)c2ccc(Cl)cc2)c2ccccc2O1)c1ccccc1. The number of anilines is 1. The van der Waals surface area contributed by atoms with Crippen LogP contribution in [0.1, 0.15) is 18.5 Å². The predicted molar refractivity (Wildman–Crippen MR) is 120 cm³/mol. The molecule has 0 radical (unpaired) electrons. The summed E-state index contributed by atoms with van der Waals surface area (Å²) in [7, 11) is -3.92. The number of carbonyl (C=O) groups is 1. The first-order valence-electron chi connectivity index (χ1n) is 9.75. The van der Waals surface area contributed by atoms with Crippen LogP contribution in [-0.4, -0.2) is 27.0 Å². The molecule has 8 heteroatoms. The molecule has 4 rings (SSSR count). The molecule has 3 aromatic rings. The Hall–Kier alpha value is -3.03. The third kappa shape index (κ3) is 4.38. The maximum Gasteiger partial charge on any atom is 0.264 e. The Morgan fingerprint density at radius 3 is 2.39 bits per heavy atom. The van der Waals surface area contributed by atoms with E-state index in [-0.39, 0.29) is 23.4 Å². The number of rotatable bonds is 5. The van der Waals surface area contributed by atoms with Gasteiger partial charge in [-0.2, -0.15) is 0 Å². The lowest BCUT2D eigenvalue weighted by molar-refractivity contribution is -0.128. The molecule has 1 heterocycles. The van der Waals surface area contributed by atoms with Crippen molar-refractivity contribution in [2.45, 2.75) is 24.0 Å². The number of hydrogen-bond donors (Lipinski definition) is 1. The summed E-state index contributed by atoms with van der Waals surface area (Å²) in [5, 5.41) is 3.35. The zero-order valence-electron chi connectivity index (χ0n) is 16.7. The lowest BCUT2D eigenvalue weighted by Gasteiger charge is -2.35. The van der Waals surface area contributed by atoms with E-state index in [1.54, 1.807) is 24.3 Å². The average molecular weight is 457 g/mol. The molecule has 0 saturated carbocycles. The molecule has 31 heavy (non-hydrogen) atoms. The molecule has 1 aliphatic heterocycles. The number of ether oxygens (including phenoxy) is 1. The van der Waals surface area contributed by atoms with Crippen LogP contribution in [0.5, 0.6) is 5.75 Å². The van der Waals surface area contributed by atoms with Gasteiger partial charge in [0, 0.05) is 5.02 Å². The first-order valence-corrected chi connectivity index (χ1v) is 11.6. The molecule has 0 spiro atoms. The first kappa shape index (κ1) is 21.2. The summed E-state index contributed by atoms with van der Waals surface area (Å²) in [6, 6.07) is 22.0. The van der Waals surface area contributed by atoms with Crippen LogP contribution in [0.15, 0.2) is 83.8 Å². The monoisotopic (exact) mass is 456 g/mol. The van der Waals surface area contributed by atoms with Gasteiger partial charge in [0.25, 0.3) is 15.9 Å². The molecule has 1 aliphatic rings. The van der Waals surface area contributed by atoms with Crippen LogP contribution in [0.2, 0.25) is 5.02 Å². The van der Waals surface area contributed by atoms with Crippen LogP contribution in [-0.2, 0) is 14.8 Å². The van der Waals surface area contributed by atoms with Crippen molar-refractivity contribution in [2.75, 3.05) is 10.8 Å². The molecule has 160 valence electrons. The zero-order chi connectivity index (χ0) is 22.0. The fourth-order valence-corrected chi connectivity index (χ4v) is 5.03. The van der Waals surface area contributed by atoms with Crippen LogP contribution in [0.25, 0.3) is 0 Å². The van der Waals surface area contributed by atoms with Gasteiger partial charge in [0.05, 0.1) is 23.2 Å². The van der Waals surface area contributed by atoms with Gasteiger partial charge in [-0.15, -0.1) is 0 Å². The summed E-state index contributed by atoms with van der Waals surface area (Å²) in [6.45, 7) is 1.72. The van der Waals surface area contributed by atoms with Crippen molar-refractivity contribution in [3.63, 3.8) is 0 Å². The van der Waals surface area contributed by atoms with Crippen LogP contribution in [0.3, 0.4) is 0 Å². The fraction of sp³-hybridized carbons (Fsp3) is 0.174. The number of nitrogens with zero attached hydrogens (tertiary/aromatic N) is 1. The van der Waals surface area contributed by atoms with E-state index in [1.807, 2.05) is 37.3 Å². The van der Waals surface area contributed by atoms with Gasteiger partial charge in [0.15, 0.2) is 6.10 Å². The fourth-order valence-electron chi connectivity index (χ4n) is 3.43. The Morgan fingerprint density at radius 1 is 1.03 bits per heavy atom. The third-order valence-electron chi connectivity index (χ3n) is 5.09. The van der Waals surface area contributed by atoms with Crippen molar-refractivity contribution in [2.24, 2.45) is 0 Å². The minimum absolute atomic E-state index is 0.0883. The van der Waals surface area contributed by atoms with E-state index in [2.05, 4.69) is 5.32 Å². The first-order chi connectivity index (χ1) is 14.9. The van der Waals surface area contributed by atoms with Crippen molar-refractivity contribution in [1.29, 1.82) is 0 Å². The molecule has 1 N–H and O–H groups in total. The van der Waals surface area contributed by atoms with Crippen molar-refractivity contribution in [3.05, 3.63) is 89.4 Å². The van der Waals surface area contributed by atoms with E-state index in [1.165, 1.54) is 28.6 Å².